The van der Waals surface area contributed by atoms with Gasteiger partial charge >= 0.3 is 0 Å². The summed E-state index contributed by atoms with van der Waals surface area (Å²) < 4.78 is 32.5. The molecular weight excluding hydrogens is 366 g/mol. The fraction of sp³-hybridized carbons (Fsp3) is 0.333. The van der Waals surface area contributed by atoms with Crippen molar-refractivity contribution in [3.8, 4) is 5.75 Å². The minimum Gasteiger partial charge on any atom is -0.497 e. The largest absolute Gasteiger partial charge is 0.497 e. The van der Waals surface area contributed by atoms with Crippen molar-refractivity contribution in [3.05, 3.63) is 54.1 Å². The van der Waals surface area contributed by atoms with Gasteiger partial charge in [0.05, 0.1) is 7.11 Å². The average molecular weight is 388 g/mol. The van der Waals surface area contributed by atoms with Gasteiger partial charge in [-0.3, -0.25) is 9.59 Å². The van der Waals surface area contributed by atoms with Crippen LogP contribution >= 0.6 is 0 Å². The first-order valence-corrected chi connectivity index (χ1v) is 9.17. The van der Waals surface area contributed by atoms with Crippen molar-refractivity contribution in [2.45, 2.75) is 25.7 Å². The second kappa shape index (κ2) is 8.82. The van der Waals surface area contributed by atoms with E-state index in [1.807, 2.05) is 0 Å². The summed E-state index contributed by atoms with van der Waals surface area (Å²) in [6.07, 6.45) is 2.04. The average Bonchev–Trinajstić information content (AvgIpc) is 2.71. The minimum atomic E-state index is -0.806. The molecule has 0 atom stereocenters. The van der Waals surface area contributed by atoms with Crippen LogP contribution in [-0.4, -0.2) is 18.9 Å². The summed E-state index contributed by atoms with van der Waals surface area (Å²) in [7, 11) is 1.56. The molecule has 0 unspecified atom stereocenters. The highest BCUT2D eigenvalue weighted by Gasteiger charge is 2.30. The number of halogens is 2. The van der Waals surface area contributed by atoms with Crippen molar-refractivity contribution in [2.24, 2.45) is 11.8 Å². The molecule has 7 heteroatoms. The van der Waals surface area contributed by atoms with Gasteiger partial charge in [-0.25, -0.2) is 8.78 Å². The van der Waals surface area contributed by atoms with Gasteiger partial charge in [-0.1, -0.05) is 12.1 Å². The van der Waals surface area contributed by atoms with Crippen molar-refractivity contribution in [2.75, 3.05) is 17.7 Å². The number of hydrogen-bond donors (Lipinski definition) is 2. The number of methoxy groups -OCH3 is 1. The second-order valence-electron chi connectivity index (χ2n) is 6.86. The Morgan fingerprint density at radius 3 is 2.00 bits per heavy atom. The Bertz CT molecular complexity index is 844. The molecule has 2 aromatic rings. The number of para-hydroxylation sites is 1. The Kier molecular flexibility index (Phi) is 6.23. The number of carbonyl (C=O) groups is 2. The van der Waals surface area contributed by atoms with Crippen molar-refractivity contribution in [3.63, 3.8) is 0 Å². The lowest BCUT2D eigenvalue weighted by molar-refractivity contribution is -0.125. The highest BCUT2D eigenvalue weighted by Crippen LogP contribution is 2.31. The van der Waals surface area contributed by atoms with Crippen LogP contribution in [0.3, 0.4) is 0 Å². The first-order chi connectivity index (χ1) is 13.5. The summed E-state index contributed by atoms with van der Waals surface area (Å²) in [5.41, 5.74) is 0.227. The number of benzene rings is 2. The minimum absolute atomic E-state index is 0.104. The van der Waals surface area contributed by atoms with E-state index in [1.165, 1.54) is 6.07 Å². The maximum absolute atomic E-state index is 13.7. The molecule has 0 radical (unpaired) electrons. The van der Waals surface area contributed by atoms with Crippen molar-refractivity contribution >= 4 is 23.2 Å². The van der Waals surface area contributed by atoms with E-state index >= 15 is 0 Å². The molecule has 0 aliphatic heterocycles. The van der Waals surface area contributed by atoms with Crippen LogP contribution < -0.4 is 15.4 Å². The number of anilines is 2. The number of hydrogen-bond acceptors (Lipinski definition) is 3. The van der Waals surface area contributed by atoms with Gasteiger partial charge in [-0.15, -0.1) is 0 Å². The molecule has 0 heterocycles. The summed E-state index contributed by atoms with van der Waals surface area (Å²) >= 11 is 0. The number of carbonyl (C=O) groups excluding carboxylic acids is 2. The molecule has 28 heavy (non-hydrogen) atoms. The van der Waals surface area contributed by atoms with Crippen LogP contribution in [0.2, 0.25) is 0 Å². The molecule has 0 aromatic heterocycles. The van der Waals surface area contributed by atoms with Gasteiger partial charge < -0.3 is 15.4 Å². The number of amides is 2. The lowest BCUT2D eigenvalue weighted by Crippen LogP contribution is -2.32. The molecule has 1 saturated carbocycles. The van der Waals surface area contributed by atoms with Gasteiger partial charge in [0.2, 0.25) is 11.8 Å². The highest BCUT2D eigenvalue weighted by atomic mass is 19.1. The standard InChI is InChI=1S/C21H22F2N2O3/c1-28-16-5-2-4-15(12-16)24-20(26)13-8-10-14(11-9-13)21(27)25-19-17(22)6-3-7-18(19)23/h2-7,12-14H,8-11H2,1H3,(H,24,26)(H,25,27). The summed E-state index contributed by atoms with van der Waals surface area (Å²) in [6, 6.07) is 10.5. The molecule has 1 aliphatic carbocycles. The first kappa shape index (κ1) is 19.8. The molecule has 148 valence electrons. The predicted octanol–water partition coefficient (Wildman–Crippen LogP) is 4.36. The third-order valence-corrected chi connectivity index (χ3v) is 5.02. The fourth-order valence-electron chi connectivity index (χ4n) is 3.41. The zero-order chi connectivity index (χ0) is 20.1. The lowest BCUT2D eigenvalue weighted by atomic mass is 9.81. The van der Waals surface area contributed by atoms with Crippen LogP contribution in [0.4, 0.5) is 20.2 Å². The molecule has 3 rings (SSSR count). The number of ether oxygens (including phenoxy) is 1. The lowest BCUT2D eigenvalue weighted by Gasteiger charge is -2.27. The molecule has 0 bridgehead atoms. The Morgan fingerprint density at radius 2 is 1.43 bits per heavy atom. The summed E-state index contributed by atoms with van der Waals surface area (Å²) in [5, 5.41) is 5.21. The van der Waals surface area contributed by atoms with E-state index in [-0.39, 0.29) is 17.7 Å². The number of nitrogens with one attached hydrogen (secondary N) is 2. The second-order valence-corrected chi connectivity index (χ2v) is 6.86. The van der Waals surface area contributed by atoms with E-state index < -0.39 is 23.2 Å². The number of rotatable bonds is 5. The van der Waals surface area contributed by atoms with Gasteiger partial charge in [0.1, 0.15) is 23.1 Å². The van der Waals surface area contributed by atoms with Crippen molar-refractivity contribution < 1.29 is 23.1 Å². The van der Waals surface area contributed by atoms with Crippen LogP contribution in [-0.2, 0) is 9.59 Å². The van der Waals surface area contributed by atoms with E-state index in [9.17, 15) is 18.4 Å². The Hall–Kier alpha value is -2.96. The van der Waals surface area contributed by atoms with Crippen LogP contribution in [0.1, 0.15) is 25.7 Å². The molecule has 0 saturated heterocycles. The Labute approximate surface area is 162 Å². The van der Waals surface area contributed by atoms with Crippen LogP contribution in [0.15, 0.2) is 42.5 Å². The maximum atomic E-state index is 13.7. The fourth-order valence-corrected chi connectivity index (χ4v) is 3.41. The van der Waals surface area contributed by atoms with Gasteiger partial charge in [0.25, 0.3) is 0 Å². The third-order valence-electron chi connectivity index (χ3n) is 5.02. The van der Waals surface area contributed by atoms with Crippen molar-refractivity contribution in [1.29, 1.82) is 0 Å². The smallest absolute Gasteiger partial charge is 0.227 e. The van der Waals surface area contributed by atoms with E-state index in [4.69, 9.17) is 4.74 Å². The van der Waals surface area contributed by atoms with Gasteiger partial charge in [-0.05, 0) is 49.9 Å². The van der Waals surface area contributed by atoms with Crippen molar-refractivity contribution in [1.82, 2.24) is 0 Å². The summed E-state index contributed by atoms with van der Waals surface area (Å²) in [4.78, 5) is 24.8. The highest BCUT2D eigenvalue weighted by molar-refractivity contribution is 5.94. The molecule has 1 fully saturated rings. The molecule has 2 N–H and O–H groups in total. The Morgan fingerprint density at radius 1 is 0.893 bits per heavy atom. The SMILES string of the molecule is COc1cccc(NC(=O)C2CCC(C(=O)Nc3c(F)cccc3F)CC2)c1. The van der Waals surface area contributed by atoms with Gasteiger partial charge in [0.15, 0.2) is 0 Å². The van der Waals surface area contributed by atoms with Crippen LogP contribution in [0, 0.1) is 23.5 Å². The van der Waals surface area contributed by atoms with E-state index in [0.29, 0.717) is 37.1 Å². The summed E-state index contributed by atoms with van der Waals surface area (Å²) in [5.74, 6) is -2.07. The quantitative estimate of drug-likeness (QED) is 0.800. The molecule has 0 spiro atoms. The summed E-state index contributed by atoms with van der Waals surface area (Å²) in [6.45, 7) is 0. The van der Waals surface area contributed by atoms with E-state index in [2.05, 4.69) is 10.6 Å². The topological polar surface area (TPSA) is 67.4 Å². The normalized spacial score (nSPS) is 19.0. The van der Waals surface area contributed by atoms with Crippen LogP contribution in [0.5, 0.6) is 5.75 Å². The molecular formula is C21H22F2N2O3. The molecule has 1 aliphatic rings. The third kappa shape index (κ3) is 4.65. The Balaban J connectivity index is 1.53. The van der Waals surface area contributed by atoms with E-state index in [0.717, 1.165) is 12.1 Å². The predicted molar refractivity (Wildman–Crippen MR) is 102 cm³/mol. The van der Waals surface area contributed by atoms with Crippen LogP contribution in [0.25, 0.3) is 0 Å². The monoisotopic (exact) mass is 388 g/mol. The molecule has 2 aromatic carbocycles. The van der Waals surface area contributed by atoms with E-state index in [1.54, 1.807) is 31.4 Å². The zero-order valence-electron chi connectivity index (χ0n) is 15.5. The molecule has 2 amide bonds. The first-order valence-electron chi connectivity index (χ1n) is 9.17. The van der Waals surface area contributed by atoms with Gasteiger partial charge in [-0.2, -0.15) is 0 Å². The maximum Gasteiger partial charge on any atom is 0.227 e. The van der Waals surface area contributed by atoms with Gasteiger partial charge in [0, 0.05) is 23.6 Å². The molecule has 5 nitrogen and oxygen atoms in total. The zero-order valence-corrected chi connectivity index (χ0v) is 15.5.